The summed E-state index contributed by atoms with van der Waals surface area (Å²) in [5.41, 5.74) is 0.957. The number of aliphatic carboxylic acids is 1. The lowest BCUT2D eigenvalue weighted by atomic mass is 9.76. The van der Waals surface area contributed by atoms with E-state index in [9.17, 15) is 14.7 Å². The fourth-order valence-electron chi connectivity index (χ4n) is 4.13. The van der Waals surface area contributed by atoms with Gasteiger partial charge in [0.1, 0.15) is 6.61 Å². The van der Waals surface area contributed by atoms with Gasteiger partial charge in [0.2, 0.25) is 0 Å². The van der Waals surface area contributed by atoms with Crippen LogP contribution < -0.4 is 0 Å². The lowest BCUT2D eigenvalue weighted by molar-refractivity contribution is -0.146. The van der Waals surface area contributed by atoms with Crippen LogP contribution in [0.25, 0.3) is 0 Å². The molecule has 1 aromatic carbocycles. The van der Waals surface area contributed by atoms with E-state index in [1.807, 2.05) is 30.3 Å². The Morgan fingerprint density at radius 1 is 1.12 bits per heavy atom. The van der Waals surface area contributed by atoms with Crippen LogP contribution in [0.15, 0.2) is 30.3 Å². The first-order chi connectivity index (χ1) is 11.6. The predicted octanol–water partition coefficient (Wildman–Crippen LogP) is 3.54. The van der Waals surface area contributed by atoms with Gasteiger partial charge < -0.3 is 14.7 Å². The van der Waals surface area contributed by atoms with Crippen LogP contribution in [0.3, 0.4) is 0 Å². The van der Waals surface area contributed by atoms with Gasteiger partial charge in [-0.15, -0.1) is 0 Å². The molecule has 0 bridgehead atoms. The Kier molecular flexibility index (Phi) is 5.38. The van der Waals surface area contributed by atoms with E-state index in [-0.39, 0.29) is 24.5 Å². The molecule has 2 fully saturated rings. The number of ether oxygens (including phenoxy) is 1. The van der Waals surface area contributed by atoms with Crippen LogP contribution in [0.5, 0.6) is 0 Å². The molecule has 1 aliphatic heterocycles. The van der Waals surface area contributed by atoms with Gasteiger partial charge in [-0.2, -0.15) is 0 Å². The lowest BCUT2D eigenvalue weighted by Crippen LogP contribution is -2.48. The second-order valence-corrected chi connectivity index (χ2v) is 6.93. The molecule has 1 aliphatic carbocycles. The van der Waals surface area contributed by atoms with Crippen molar-refractivity contribution in [2.75, 3.05) is 13.1 Å². The topological polar surface area (TPSA) is 66.8 Å². The van der Waals surface area contributed by atoms with Crippen molar-refractivity contribution in [2.45, 2.75) is 38.7 Å². The molecule has 0 radical (unpaired) electrons. The number of carbonyl (C=O) groups is 2. The van der Waals surface area contributed by atoms with E-state index in [1.54, 1.807) is 4.90 Å². The first-order valence-electron chi connectivity index (χ1n) is 8.83. The second-order valence-electron chi connectivity index (χ2n) is 6.93. The van der Waals surface area contributed by atoms with Crippen LogP contribution in [-0.2, 0) is 16.1 Å². The summed E-state index contributed by atoms with van der Waals surface area (Å²) in [7, 11) is 0. The number of likely N-dealkylation sites (tertiary alicyclic amines) is 1. The normalized spacial score (nSPS) is 24.8. The fourth-order valence-corrected chi connectivity index (χ4v) is 4.13. The number of rotatable bonds is 4. The number of hydrogen-bond donors (Lipinski definition) is 1. The molecule has 1 aromatic rings. The van der Waals surface area contributed by atoms with Gasteiger partial charge in [0.05, 0.1) is 5.92 Å². The average Bonchev–Trinajstić information content (AvgIpc) is 3.14. The zero-order chi connectivity index (χ0) is 16.9. The predicted molar refractivity (Wildman–Crippen MR) is 89.4 cm³/mol. The molecule has 1 N–H and O–H groups in total. The van der Waals surface area contributed by atoms with Crippen LogP contribution >= 0.6 is 0 Å². The molecular weight excluding hydrogens is 306 g/mol. The van der Waals surface area contributed by atoms with Crippen molar-refractivity contribution < 1.29 is 19.4 Å². The molecule has 1 saturated heterocycles. The number of benzene rings is 1. The number of piperidine rings is 1. The molecule has 5 heteroatoms. The van der Waals surface area contributed by atoms with Gasteiger partial charge in [-0.3, -0.25) is 4.79 Å². The quantitative estimate of drug-likeness (QED) is 0.916. The molecule has 130 valence electrons. The van der Waals surface area contributed by atoms with Gasteiger partial charge in [0, 0.05) is 13.1 Å². The fraction of sp³-hybridized carbons (Fsp3) is 0.579. The molecular formula is C19H25NO4. The molecule has 0 unspecified atom stereocenters. The molecule has 1 heterocycles. The van der Waals surface area contributed by atoms with E-state index >= 15 is 0 Å². The summed E-state index contributed by atoms with van der Waals surface area (Å²) < 4.78 is 5.41. The van der Waals surface area contributed by atoms with Gasteiger partial charge in [-0.05, 0) is 23.8 Å². The highest BCUT2D eigenvalue weighted by molar-refractivity contribution is 5.72. The van der Waals surface area contributed by atoms with E-state index in [2.05, 4.69) is 0 Å². The molecule has 24 heavy (non-hydrogen) atoms. The highest BCUT2D eigenvalue weighted by Gasteiger charge is 2.41. The summed E-state index contributed by atoms with van der Waals surface area (Å²) in [5.74, 6) is -0.561. The molecule has 0 aromatic heterocycles. The van der Waals surface area contributed by atoms with Crippen LogP contribution in [0.2, 0.25) is 0 Å². The molecule has 1 saturated carbocycles. The van der Waals surface area contributed by atoms with E-state index in [4.69, 9.17) is 4.74 Å². The van der Waals surface area contributed by atoms with Gasteiger partial charge >= 0.3 is 12.1 Å². The number of hydrogen-bond acceptors (Lipinski definition) is 3. The van der Waals surface area contributed by atoms with E-state index in [0.29, 0.717) is 25.4 Å². The minimum atomic E-state index is -0.718. The summed E-state index contributed by atoms with van der Waals surface area (Å²) >= 11 is 0. The van der Waals surface area contributed by atoms with Gasteiger partial charge in [-0.25, -0.2) is 4.79 Å². The summed E-state index contributed by atoms with van der Waals surface area (Å²) in [4.78, 5) is 25.6. The van der Waals surface area contributed by atoms with Crippen molar-refractivity contribution in [3.05, 3.63) is 35.9 Å². The third-order valence-corrected chi connectivity index (χ3v) is 5.44. The third kappa shape index (κ3) is 3.89. The van der Waals surface area contributed by atoms with Crippen LogP contribution in [0, 0.1) is 17.8 Å². The molecule has 2 aliphatic rings. The largest absolute Gasteiger partial charge is 0.481 e. The molecule has 1 amide bonds. The minimum Gasteiger partial charge on any atom is -0.481 e. The van der Waals surface area contributed by atoms with Crippen molar-refractivity contribution in [2.24, 2.45) is 17.8 Å². The number of carboxylic acid groups (broad SMARTS) is 1. The number of nitrogens with zero attached hydrogens (tertiary/aromatic N) is 1. The van der Waals surface area contributed by atoms with Gasteiger partial charge in [0.25, 0.3) is 0 Å². The summed E-state index contributed by atoms with van der Waals surface area (Å²) in [5, 5.41) is 9.51. The van der Waals surface area contributed by atoms with Gasteiger partial charge in [0.15, 0.2) is 0 Å². The number of amides is 1. The Morgan fingerprint density at radius 3 is 2.50 bits per heavy atom. The Balaban J connectivity index is 1.59. The van der Waals surface area contributed by atoms with Crippen LogP contribution in [0.4, 0.5) is 4.79 Å². The Hall–Kier alpha value is -2.04. The van der Waals surface area contributed by atoms with E-state index < -0.39 is 5.97 Å². The number of carboxylic acids is 1. The Bertz CT molecular complexity index is 568. The monoisotopic (exact) mass is 331 g/mol. The van der Waals surface area contributed by atoms with Crippen molar-refractivity contribution in [3.63, 3.8) is 0 Å². The summed E-state index contributed by atoms with van der Waals surface area (Å²) in [6.45, 7) is 1.23. The standard InChI is InChI=1S/C19H25NO4/c21-18(22)16-10-11-20(12-17(16)15-8-4-5-9-15)19(23)24-13-14-6-2-1-3-7-14/h1-3,6-7,15-17H,4-5,8-13H2,(H,21,22)/t16-,17-/m0/s1. The Morgan fingerprint density at radius 2 is 1.83 bits per heavy atom. The smallest absolute Gasteiger partial charge is 0.410 e. The first kappa shape index (κ1) is 16.8. The first-order valence-corrected chi connectivity index (χ1v) is 8.83. The van der Waals surface area contributed by atoms with Crippen molar-refractivity contribution >= 4 is 12.1 Å². The van der Waals surface area contributed by atoms with Crippen molar-refractivity contribution in [1.82, 2.24) is 4.90 Å². The Labute approximate surface area is 142 Å². The molecule has 5 nitrogen and oxygen atoms in total. The van der Waals surface area contributed by atoms with Crippen LogP contribution in [0.1, 0.15) is 37.7 Å². The lowest BCUT2D eigenvalue weighted by Gasteiger charge is -2.39. The highest BCUT2D eigenvalue weighted by Crippen LogP contribution is 2.39. The summed E-state index contributed by atoms with van der Waals surface area (Å²) in [6, 6.07) is 9.60. The van der Waals surface area contributed by atoms with E-state index in [0.717, 1.165) is 18.4 Å². The maximum absolute atomic E-state index is 12.4. The van der Waals surface area contributed by atoms with Gasteiger partial charge in [-0.1, -0.05) is 56.0 Å². The second kappa shape index (κ2) is 7.69. The zero-order valence-corrected chi connectivity index (χ0v) is 13.9. The molecule has 3 rings (SSSR count). The maximum Gasteiger partial charge on any atom is 0.410 e. The average molecular weight is 331 g/mol. The third-order valence-electron chi connectivity index (χ3n) is 5.44. The highest BCUT2D eigenvalue weighted by atomic mass is 16.6. The van der Waals surface area contributed by atoms with E-state index in [1.165, 1.54) is 12.8 Å². The minimum absolute atomic E-state index is 0.0584. The van der Waals surface area contributed by atoms with Crippen LogP contribution in [-0.4, -0.2) is 35.2 Å². The maximum atomic E-state index is 12.4. The molecule has 2 atom stereocenters. The zero-order valence-electron chi connectivity index (χ0n) is 13.9. The summed E-state index contributed by atoms with van der Waals surface area (Å²) in [6.07, 6.45) is 4.71. The van der Waals surface area contributed by atoms with Crippen molar-refractivity contribution in [1.29, 1.82) is 0 Å². The molecule has 0 spiro atoms. The van der Waals surface area contributed by atoms with Crippen molar-refractivity contribution in [3.8, 4) is 0 Å². The SMILES string of the molecule is O=C(O)[C@H]1CCN(C(=O)OCc2ccccc2)C[C@H]1C1CCCC1. The number of carbonyl (C=O) groups excluding carboxylic acids is 1.